The number of rotatable bonds is 7. The van der Waals surface area contributed by atoms with Gasteiger partial charge in [-0.15, -0.1) is 0 Å². The Labute approximate surface area is 98.0 Å². The monoisotopic (exact) mass is 222 g/mol. The van der Waals surface area contributed by atoms with Crippen LogP contribution in [0.25, 0.3) is 0 Å². The number of hydrogen-bond donors (Lipinski definition) is 2. The number of nitrogens with two attached hydrogens (primary N) is 1. The molecule has 0 aromatic heterocycles. The van der Waals surface area contributed by atoms with Crippen LogP contribution in [0.15, 0.2) is 24.3 Å². The van der Waals surface area contributed by atoms with Crippen molar-refractivity contribution < 1.29 is 4.74 Å². The molecule has 1 atom stereocenters. The van der Waals surface area contributed by atoms with Gasteiger partial charge < -0.3 is 15.8 Å². The maximum absolute atomic E-state index is 5.54. The quantitative estimate of drug-likeness (QED) is 0.737. The summed E-state index contributed by atoms with van der Waals surface area (Å²) in [6.07, 6.45) is 1.35. The Morgan fingerprint density at radius 3 is 2.38 bits per heavy atom. The minimum atomic E-state index is 0.309. The summed E-state index contributed by atoms with van der Waals surface area (Å²) in [5.74, 6) is 0. The van der Waals surface area contributed by atoms with Crippen molar-refractivity contribution in [3.8, 4) is 0 Å². The van der Waals surface area contributed by atoms with Gasteiger partial charge in [0.15, 0.2) is 0 Å². The van der Waals surface area contributed by atoms with Crippen LogP contribution in [0.3, 0.4) is 0 Å². The molecule has 1 aromatic rings. The second-order valence-electron chi connectivity index (χ2n) is 3.92. The van der Waals surface area contributed by atoms with Crippen LogP contribution in [0.5, 0.6) is 0 Å². The zero-order valence-corrected chi connectivity index (χ0v) is 10.2. The number of nitrogens with one attached hydrogen (secondary N) is 1. The van der Waals surface area contributed by atoms with E-state index in [0.717, 1.165) is 19.5 Å². The second kappa shape index (κ2) is 7.39. The third kappa shape index (κ3) is 4.31. The fourth-order valence-corrected chi connectivity index (χ4v) is 1.57. The lowest BCUT2D eigenvalue weighted by atomic mass is 10.1. The van der Waals surface area contributed by atoms with E-state index >= 15 is 0 Å². The topological polar surface area (TPSA) is 47.3 Å². The van der Waals surface area contributed by atoms with Crippen molar-refractivity contribution in [2.24, 2.45) is 5.73 Å². The minimum Gasteiger partial charge on any atom is -0.380 e. The molecule has 90 valence electrons. The normalized spacial score (nSPS) is 12.7. The molecule has 0 aliphatic heterocycles. The predicted octanol–water partition coefficient (Wildman–Crippen LogP) is 1.66. The highest BCUT2D eigenvalue weighted by atomic mass is 16.5. The van der Waals surface area contributed by atoms with Gasteiger partial charge in [-0.25, -0.2) is 0 Å². The van der Waals surface area contributed by atoms with E-state index in [9.17, 15) is 0 Å². The third-order valence-electron chi connectivity index (χ3n) is 2.75. The molecule has 0 amide bonds. The molecule has 1 rings (SSSR count). The van der Waals surface area contributed by atoms with E-state index in [2.05, 4.69) is 36.5 Å². The average molecular weight is 222 g/mol. The fourth-order valence-electron chi connectivity index (χ4n) is 1.57. The first-order chi connectivity index (χ1) is 7.80. The zero-order valence-electron chi connectivity index (χ0n) is 10.2. The molecule has 1 unspecified atom stereocenters. The van der Waals surface area contributed by atoms with Gasteiger partial charge in [-0.2, -0.15) is 0 Å². The van der Waals surface area contributed by atoms with Crippen LogP contribution in [-0.2, 0) is 17.8 Å². The van der Waals surface area contributed by atoms with Gasteiger partial charge in [0, 0.05) is 26.7 Å². The Morgan fingerprint density at radius 2 is 1.88 bits per heavy atom. The van der Waals surface area contributed by atoms with E-state index in [1.807, 2.05) is 0 Å². The minimum absolute atomic E-state index is 0.309. The van der Waals surface area contributed by atoms with Gasteiger partial charge in [-0.05, 0) is 17.5 Å². The van der Waals surface area contributed by atoms with E-state index in [1.165, 1.54) is 11.1 Å². The van der Waals surface area contributed by atoms with Gasteiger partial charge in [0.25, 0.3) is 0 Å². The Hall–Kier alpha value is -0.900. The second-order valence-corrected chi connectivity index (χ2v) is 3.92. The third-order valence-corrected chi connectivity index (χ3v) is 2.75. The lowest BCUT2D eigenvalue weighted by Crippen LogP contribution is -2.27. The first kappa shape index (κ1) is 13.2. The van der Waals surface area contributed by atoms with E-state index < -0.39 is 0 Å². The summed E-state index contributed by atoms with van der Waals surface area (Å²) < 4.78 is 5.29. The Bertz CT molecular complexity index is 280. The fraction of sp³-hybridized carbons (Fsp3) is 0.538. The van der Waals surface area contributed by atoms with Gasteiger partial charge in [-0.3, -0.25) is 0 Å². The molecule has 0 spiro atoms. The van der Waals surface area contributed by atoms with Crippen molar-refractivity contribution >= 4 is 0 Å². The van der Waals surface area contributed by atoms with Crippen molar-refractivity contribution in [1.82, 2.24) is 5.32 Å². The molecule has 0 saturated heterocycles. The maximum Gasteiger partial charge on any atom is 0.0693 e. The molecule has 0 bridgehead atoms. The molecule has 0 heterocycles. The van der Waals surface area contributed by atoms with Crippen molar-refractivity contribution in [3.63, 3.8) is 0 Å². The van der Waals surface area contributed by atoms with Gasteiger partial charge in [-0.1, -0.05) is 31.2 Å². The van der Waals surface area contributed by atoms with Crippen LogP contribution in [0.2, 0.25) is 0 Å². The lowest BCUT2D eigenvalue weighted by molar-refractivity contribution is 0.0984. The Kier molecular flexibility index (Phi) is 6.08. The summed E-state index contributed by atoms with van der Waals surface area (Å²) in [6, 6.07) is 8.38. The Morgan fingerprint density at radius 1 is 1.25 bits per heavy atom. The molecule has 0 fully saturated rings. The van der Waals surface area contributed by atoms with Gasteiger partial charge in [0.2, 0.25) is 0 Å². The molecule has 3 heteroatoms. The van der Waals surface area contributed by atoms with Crippen LogP contribution in [0.1, 0.15) is 24.5 Å². The summed E-state index contributed by atoms with van der Waals surface area (Å²) in [5.41, 5.74) is 8.00. The highest BCUT2D eigenvalue weighted by Gasteiger charge is 2.02. The molecular formula is C13H22N2O. The number of methoxy groups -OCH3 is 1. The number of hydrogen-bond acceptors (Lipinski definition) is 3. The largest absolute Gasteiger partial charge is 0.380 e. The standard InChI is InChI=1S/C13H22N2O/c1-3-13(16-2)10-15-9-12-6-4-11(8-14)5-7-12/h4-7,13,15H,3,8-10,14H2,1-2H3. The predicted molar refractivity (Wildman–Crippen MR) is 67.1 cm³/mol. The summed E-state index contributed by atoms with van der Waals surface area (Å²) in [4.78, 5) is 0. The van der Waals surface area contributed by atoms with Crippen molar-refractivity contribution in [1.29, 1.82) is 0 Å². The van der Waals surface area contributed by atoms with Crippen LogP contribution in [0, 0.1) is 0 Å². The van der Waals surface area contributed by atoms with Gasteiger partial charge in [0.1, 0.15) is 0 Å². The maximum atomic E-state index is 5.54. The van der Waals surface area contributed by atoms with E-state index in [1.54, 1.807) is 7.11 Å². The smallest absolute Gasteiger partial charge is 0.0693 e. The summed E-state index contributed by atoms with van der Waals surface area (Å²) in [5, 5.41) is 3.38. The molecule has 3 N–H and O–H groups in total. The molecule has 0 aliphatic rings. The van der Waals surface area contributed by atoms with Crippen molar-refractivity contribution in [2.45, 2.75) is 32.5 Å². The highest BCUT2D eigenvalue weighted by Crippen LogP contribution is 2.03. The highest BCUT2D eigenvalue weighted by molar-refractivity contribution is 5.22. The molecule has 1 aromatic carbocycles. The first-order valence-corrected chi connectivity index (χ1v) is 5.81. The zero-order chi connectivity index (χ0) is 11.8. The SMILES string of the molecule is CCC(CNCc1ccc(CN)cc1)OC. The summed E-state index contributed by atoms with van der Waals surface area (Å²) >= 11 is 0. The summed E-state index contributed by atoms with van der Waals surface area (Å²) in [6.45, 7) is 4.51. The molecule has 16 heavy (non-hydrogen) atoms. The van der Waals surface area contributed by atoms with Crippen LogP contribution in [-0.4, -0.2) is 19.8 Å². The number of ether oxygens (including phenoxy) is 1. The molecule has 3 nitrogen and oxygen atoms in total. The van der Waals surface area contributed by atoms with Crippen molar-refractivity contribution in [3.05, 3.63) is 35.4 Å². The first-order valence-electron chi connectivity index (χ1n) is 5.81. The van der Waals surface area contributed by atoms with Crippen LogP contribution >= 0.6 is 0 Å². The molecule has 0 aliphatic carbocycles. The number of benzene rings is 1. The van der Waals surface area contributed by atoms with Gasteiger partial charge >= 0.3 is 0 Å². The lowest BCUT2D eigenvalue weighted by Gasteiger charge is -2.13. The van der Waals surface area contributed by atoms with E-state index in [-0.39, 0.29) is 0 Å². The average Bonchev–Trinajstić information content (AvgIpc) is 2.35. The molecule has 0 saturated carbocycles. The Balaban J connectivity index is 2.31. The van der Waals surface area contributed by atoms with E-state index in [4.69, 9.17) is 10.5 Å². The van der Waals surface area contributed by atoms with Crippen LogP contribution in [0.4, 0.5) is 0 Å². The summed E-state index contributed by atoms with van der Waals surface area (Å²) in [7, 11) is 1.76. The molecule has 0 radical (unpaired) electrons. The molecular weight excluding hydrogens is 200 g/mol. The van der Waals surface area contributed by atoms with Gasteiger partial charge in [0.05, 0.1) is 6.10 Å². The van der Waals surface area contributed by atoms with Crippen LogP contribution < -0.4 is 11.1 Å². The van der Waals surface area contributed by atoms with Crippen molar-refractivity contribution in [2.75, 3.05) is 13.7 Å². The van der Waals surface area contributed by atoms with E-state index in [0.29, 0.717) is 12.6 Å².